The zero-order valence-electron chi connectivity index (χ0n) is 35.2. The van der Waals surface area contributed by atoms with Crippen molar-refractivity contribution in [3.05, 3.63) is 100 Å². The molecular weight excluding hydrogens is 755 g/mol. The molecule has 0 unspecified atom stereocenters. The Kier molecular flexibility index (Phi) is 14.2. The molecule has 2 aromatic carbocycles. The van der Waals surface area contributed by atoms with Crippen LogP contribution in [0.25, 0.3) is 0 Å². The molecule has 0 radical (unpaired) electrons. The van der Waals surface area contributed by atoms with Gasteiger partial charge in [-0.3, -0.25) is 34.1 Å². The van der Waals surface area contributed by atoms with Crippen LogP contribution in [0.3, 0.4) is 0 Å². The number of nitrogens with zero attached hydrogens (tertiary/aromatic N) is 5. The Bertz CT molecular complexity index is 1910. The number of amides is 4. The van der Waals surface area contributed by atoms with Gasteiger partial charge in [-0.15, -0.1) is 0 Å². The summed E-state index contributed by atoms with van der Waals surface area (Å²) in [6, 6.07) is 18.3. The molecule has 2 fully saturated rings. The third kappa shape index (κ3) is 11.7. The molecule has 6 rings (SSSR count). The second-order valence-electron chi connectivity index (χ2n) is 17.5. The molecule has 2 aliphatic heterocycles. The van der Waals surface area contributed by atoms with Crippen molar-refractivity contribution in [3.63, 3.8) is 0 Å². The number of unbranched alkanes of at least 4 members (excludes halogenated alkanes) is 1. The number of carbonyl (C=O) groups is 4. The first kappa shape index (κ1) is 43.8. The lowest BCUT2D eigenvalue weighted by molar-refractivity contribution is -0.130. The van der Waals surface area contributed by atoms with Crippen LogP contribution in [0.2, 0.25) is 0 Å². The maximum atomic E-state index is 13.9. The van der Waals surface area contributed by atoms with Gasteiger partial charge in [-0.1, -0.05) is 48.5 Å². The predicted octanol–water partition coefficient (Wildman–Crippen LogP) is 7.57. The fourth-order valence-corrected chi connectivity index (χ4v) is 8.45. The number of rotatable bonds is 15. The quantitative estimate of drug-likeness (QED) is 0.124. The minimum atomic E-state index is -2.71. The second-order valence-corrected chi connectivity index (χ2v) is 17.5. The zero-order chi connectivity index (χ0) is 42.3. The Labute approximate surface area is 347 Å². The molecule has 2 atom stereocenters. The molecule has 1 aliphatic carbocycles. The van der Waals surface area contributed by atoms with E-state index in [1.165, 1.54) is 4.90 Å². The number of carbonyl (C=O) groups excluding carboxylic acids is 4. The van der Waals surface area contributed by atoms with Crippen molar-refractivity contribution in [2.75, 3.05) is 45.8 Å². The van der Waals surface area contributed by atoms with Crippen LogP contribution in [-0.4, -0.2) is 112 Å². The average molecular weight is 815 g/mol. The van der Waals surface area contributed by atoms with Crippen LogP contribution in [0, 0.1) is 19.8 Å². The molecule has 13 heteroatoms. The van der Waals surface area contributed by atoms with Crippen LogP contribution < -0.4 is 5.32 Å². The number of aromatic nitrogens is 1. The molecule has 0 bridgehead atoms. The van der Waals surface area contributed by atoms with Crippen molar-refractivity contribution >= 4 is 23.8 Å². The molecule has 1 saturated carbocycles. The van der Waals surface area contributed by atoms with Gasteiger partial charge in [-0.05, 0) is 102 Å². The van der Waals surface area contributed by atoms with Crippen molar-refractivity contribution in [2.45, 2.75) is 110 Å². The monoisotopic (exact) mass is 814 g/mol. The highest BCUT2D eigenvalue weighted by Crippen LogP contribution is 2.36. The van der Waals surface area contributed by atoms with E-state index in [1.807, 2.05) is 69.1 Å². The standard InChI is InChI=1S/C46H60F2N6O5/c1-32-27-33(2)40(49-28-32)31-52(22-11-12-23-54-42(56)37-15-9-10-16-38(37)43(54)57)30-36-29-51(25-26-53(36)44(58)59-45(3,4)5)24-19-39(34-13-7-6-8-14-34)50-41(55)35-17-20-46(47,48)21-18-35/h6-10,13-16,27-28,35-36,39H,11-12,17-26,29-31H2,1-5H3,(H,50,55)/t36-,39+/m1/s1. The van der Waals surface area contributed by atoms with E-state index in [-0.39, 0.29) is 61.6 Å². The second kappa shape index (κ2) is 19.1. The molecule has 3 aliphatic rings. The summed E-state index contributed by atoms with van der Waals surface area (Å²) in [5.41, 5.74) is 4.25. The number of alkyl halides is 2. The van der Waals surface area contributed by atoms with Gasteiger partial charge in [0.15, 0.2) is 0 Å². The molecule has 59 heavy (non-hydrogen) atoms. The van der Waals surface area contributed by atoms with Crippen LogP contribution >= 0.6 is 0 Å². The lowest BCUT2D eigenvalue weighted by Gasteiger charge is -2.43. The summed E-state index contributed by atoms with van der Waals surface area (Å²) >= 11 is 0. The molecule has 3 aromatic rings. The number of imide groups is 1. The highest BCUT2D eigenvalue weighted by Gasteiger charge is 2.39. The van der Waals surface area contributed by atoms with E-state index in [0.29, 0.717) is 82.7 Å². The number of aryl methyl sites for hydroxylation is 2. The molecule has 4 amide bonds. The van der Waals surface area contributed by atoms with Gasteiger partial charge in [0, 0.05) is 70.8 Å². The van der Waals surface area contributed by atoms with E-state index in [9.17, 15) is 28.0 Å². The Morgan fingerprint density at radius 2 is 1.61 bits per heavy atom. The molecule has 3 heterocycles. The topological polar surface area (TPSA) is 115 Å². The van der Waals surface area contributed by atoms with Crippen LogP contribution in [0.1, 0.15) is 115 Å². The summed E-state index contributed by atoms with van der Waals surface area (Å²) in [7, 11) is 0. The summed E-state index contributed by atoms with van der Waals surface area (Å²) in [4.78, 5) is 65.9. The van der Waals surface area contributed by atoms with Gasteiger partial charge < -0.3 is 15.0 Å². The number of fused-ring (bicyclic) bond motifs is 1. The molecule has 11 nitrogen and oxygen atoms in total. The van der Waals surface area contributed by atoms with Gasteiger partial charge in [0.1, 0.15) is 5.60 Å². The Balaban J connectivity index is 1.16. The molecule has 0 spiro atoms. The maximum Gasteiger partial charge on any atom is 0.410 e. The average Bonchev–Trinajstić information content (AvgIpc) is 3.43. The molecule has 1 N–H and O–H groups in total. The number of nitrogens with one attached hydrogen (secondary N) is 1. The molecular formula is C46H60F2N6O5. The third-order valence-corrected chi connectivity index (χ3v) is 11.7. The normalized spacial score (nSPS) is 19.2. The summed E-state index contributed by atoms with van der Waals surface area (Å²) < 4.78 is 33.7. The number of piperazine rings is 1. The smallest absolute Gasteiger partial charge is 0.410 e. The third-order valence-electron chi connectivity index (χ3n) is 11.7. The number of pyridine rings is 1. The van der Waals surface area contributed by atoms with E-state index in [0.717, 1.165) is 22.4 Å². The Morgan fingerprint density at radius 3 is 2.25 bits per heavy atom. The fraction of sp³-hybridized carbons (Fsp3) is 0.543. The Hall–Kier alpha value is -4.75. The predicted molar refractivity (Wildman–Crippen MR) is 222 cm³/mol. The lowest BCUT2D eigenvalue weighted by atomic mass is 9.86. The van der Waals surface area contributed by atoms with Crippen LogP contribution in [0.5, 0.6) is 0 Å². The summed E-state index contributed by atoms with van der Waals surface area (Å²) in [5, 5.41) is 3.21. The van der Waals surface area contributed by atoms with Crippen LogP contribution in [0.4, 0.5) is 13.6 Å². The number of hydrogen-bond acceptors (Lipinski definition) is 8. The van der Waals surface area contributed by atoms with Gasteiger partial charge in [0.2, 0.25) is 11.8 Å². The van der Waals surface area contributed by atoms with Crippen molar-refractivity contribution in [3.8, 4) is 0 Å². The van der Waals surface area contributed by atoms with Crippen molar-refractivity contribution in [1.82, 2.24) is 29.9 Å². The fourth-order valence-electron chi connectivity index (χ4n) is 8.45. The van der Waals surface area contributed by atoms with Gasteiger partial charge in [0.25, 0.3) is 11.8 Å². The number of benzene rings is 2. The highest BCUT2D eigenvalue weighted by molar-refractivity contribution is 6.21. The van der Waals surface area contributed by atoms with Crippen molar-refractivity contribution < 1.29 is 32.7 Å². The van der Waals surface area contributed by atoms with Gasteiger partial charge in [-0.2, -0.15) is 0 Å². The number of hydrogen-bond donors (Lipinski definition) is 1. The lowest BCUT2D eigenvalue weighted by Crippen LogP contribution is -2.59. The van der Waals surface area contributed by atoms with E-state index < -0.39 is 17.4 Å². The summed E-state index contributed by atoms with van der Waals surface area (Å²) in [5.74, 6) is -3.84. The summed E-state index contributed by atoms with van der Waals surface area (Å²) in [6.45, 7) is 14.0. The minimum Gasteiger partial charge on any atom is -0.444 e. The molecule has 1 saturated heterocycles. The van der Waals surface area contributed by atoms with Crippen molar-refractivity contribution in [1.29, 1.82) is 0 Å². The first-order valence-electron chi connectivity index (χ1n) is 21.1. The van der Waals surface area contributed by atoms with Gasteiger partial charge in [0.05, 0.1) is 28.9 Å². The zero-order valence-corrected chi connectivity index (χ0v) is 35.2. The SMILES string of the molecule is Cc1cnc(CN(CCCCN2C(=O)c3ccccc3C2=O)C[C@H]2CN(CC[C@H](NC(=O)C3CCC(F)(F)CC3)c3ccccc3)CCN2C(=O)OC(C)(C)C)c(C)c1. The van der Waals surface area contributed by atoms with E-state index in [2.05, 4.69) is 28.1 Å². The van der Waals surface area contributed by atoms with E-state index >= 15 is 0 Å². The van der Waals surface area contributed by atoms with E-state index in [4.69, 9.17) is 9.72 Å². The number of halogens is 2. The Morgan fingerprint density at radius 1 is 0.949 bits per heavy atom. The number of ether oxygens (including phenoxy) is 1. The molecule has 318 valence electrons. The highest BCUT2D eigenvalue weighted by atomic mass is 19.3. The first-order chi connectivity index (χ1) is 28.1. The maximum absolute atomic E-state index is 13.9. The minimum absolute atomic E-state index is 0.172. The van der Waals surface area contributed by atoms with Gasteiger partial charge in [-0.25, -0.2) is 13.6 Å². The first-order valence-corrected chi connectivity index (χ1v) is 21.1. The van der Waals surface area contributed by atoms with Crippen LogP contribution in [0.15, 0.2) is 66.9 Å². The largest absolute Gasteiger partial charge is 0.444 e. The van der Waals surface area contributed by atoms with Crippen LogP contribution in [-0.2, 0) is 16.1 Å². The van der Waals surface area contributed by atoms with E-state index in [1.54, 1.807) is 24.3 Å². The summed E-state index contributed by atoms with van der Waals surface area (Å²) in [6.07, 6.45) is 3.22. The molecule has 1 aromatic heterocycles. The van der Waals surface area contributed by atoms with Crippen molar-refractivity contribution in [2.24, 2.45) is 5.92 Å². The van der Waals surface area contributed by atoms with Gasteiger partial charge >= 0.3 is 6.09 Å².